The van der Waals surface area contributed by atoms with E-state index in [-0.39, 0.29) is 0 Å². The summed E-state index contributed by atoms with van der Waals surface area (Å²) in [6.45, 7) is 2.79. The second-order valence-electron chi connectivity index (χ2n) is 3.70. The Labute approximate surface area is 98.0 Å². The van der Waals surface area contributed by atoms with Gasteiger partial charge in [-0.3, -0.25) is 0 Å². The van der Waals surface area contributed by atoms with Crippen LogP contribution in [0, 0.1) is 12.3 Å². The standard InChI is InChI=1S/C14H19NO/c1-4-5-8-11-16-14-10-7-6-9-13(14)12(2)15-3/h1,6-7,9-10,12,15H,5,8,11H2,2-3H3. The van der Waals surface area contributed by atoms with Gasteiger partial charge in [0.05, 0.1) is 6.61 Å². The van der Waals surface area contributed by atoms with Crippen molar-refractivity contribution in [2.24, 2.45) is 0 Å². The maximum Gasteiger partial charge on any atom is 0.124 e. The topological polar surface area (TPSA) is 21.3 Å². The van der Waals surface area contributed by atoms with Crippen molar-refractivity contribution in [2.75, 3.05) is 13.7 Å². The smallest absolute Gasteiger partial charge is 0.124 e. The molecule has 0 aliphatic heterocycles. The number of ether oxygens (including phenoxy) is 1. The number of hydrogen-bond donors (Lipinski definition) is 1. The lowest BCUT2D eigenvalue weighted by atomic mass is 10.1. The molecule has 0 bridgehead atoms. The first-order valence-electron chi connectivity index (χ1n) is 5.62. The van der Waals surface area contributed by atoms with Crippen molar-refractivity contribution >= 4 is 0 Å². The molecule has 86 valence electrons. The Morgan fingerprint density at radius 2 is 2.19 bits per heavy atom. The molecule has 0 spiro atoms. The van der Waals surface area contributed by atoms with Crippen molar-refractivity contribution in [1.29, 1.82) is 0 Å². The van der Waals surface area contributed by atoms with Crippen molar-refractivity contribution in [3.8, 4) is 18.1 Å². The van der Waals surface area contributed by atoms with E-state index >= 15 is 0 Å². The fourth-order valence-electron chi connectivity index (χ4n) is 1.48. The van der Waals surface area contributed by atoms with Crippen molar-refractivity contribution in [2.45, 2.75) is 25.8 Å². The van der Waals surface area contributed by atoms with Crippen LogP contribution in [0.1, 0.15) is 31.4 Å². The van der Waals surface area contributed by atoms with Gasteiger partial charge in [-0.1, -0.05) is 18.2 Å². The van der Waals surface area contributed by atoms with Gasteiger partial charge in [-0.2, -0.15) is 0 Å². The zero-order chi connectivity index (χ0) is 11.8. The Hall–Kier alpha value is -1.46. The molecule has 0 saturated carbocycles. The molecule has 16 heavy (non-hydrogen) atoms. The maximum absolute atomic E-state index is 5.73. The van der Waals surface area contributed by atoms with E-state index < -0.39 is 0 Å². The van der Waals surface area contributed by atoms with Crippen LogP contribution in [0.15, 0.2) is 24.3 Å². The molecule has 0 radical (unpaired) electrons. The molecule has 0 amide bonds. The van der Waals surface area contributed by atoms with Gasteiger partial charge in [0.25, 0.3) is 0 Å². The second kappa shape index (κ2) is 6.92. The van der Waals surface area contributed by atoms with E-state index in [0.29, 0.717) is 12.6 Å². The van der Waals surface area contributed by atoms with Crippen LogP contribution in [0.4, 0.5) is 0 Å². The molecule has 1 aromatic carbocycles. The molecule has 2 nitrogen and oxygen atoms in total. The predicted octanol–water partition coefficient (Wildman–Crippen LogP) is 2.76. The molecule has 0 fully saturated rings. The number of rotatable bonds is 6. The zero-order valence-corrected chi connectivity index (χ0v) is 9.99. The van der Waals surface area contributed by atoms with Crippen LogP contribution in [-0.4, -0.2) is 13.7 Å². The molecule has 0 aromatic heterocycles. The Morgan fingerprint density at radius 3 is 2.88 bits per heavy atom. The van der Waals surface area contributed by atoms with Crippen LogP contribution in [0.2, 0.25) is 0 Å². The summed E-state index contributed by atoms with van der Waals surface area (Å²) in [4.78, 5) is 0. The van der Waals surface area contributed by atoms with E-state index in [4.69, 9.17) is 11.2 Å². The third kappa shape index (κ3) is 3.60. The minimum absolute atomic E-state index is 0.295. The largest absolute Gasteiger partial charge is 0.493 e. The van der Waals surface area contributed by atoms with Gasteiger partial charge in [-0.15, -0.1) is 12.3 Å². The van der Waals surface area contributed by atoms with Crippen LogP contribution in [0.25, 0.3) is 0 Å². The van der Waals surface area contributed by atoms with Crippen LogP contribution >= 0.6 is 0 Å². The number of unbranched alkanes of at least 4 members (excludes halogenated alkanes) is 1. The number of nitrogens with one attached hydrogen (secondary N) is 1. The fourth-order valence-corrected chi connectivity index (χ4v) is 1.48. The van der Waals surface area contributed by atoms with Gasteiger partial charge in [0.2, 0.25) is 0 Å². The van der Waals surface area contributed by atoms with Gasteiger partial charge in [-0.25, -0.2) is 0 Å². The SMILES string of the molecule is C#CCCCOc1ccccc1C(C)NC. The Balaban J connectivity index is 2.61. The molecule has 1 atom stereocenters. The average Bonchev–Trinajstić information content (AvgIpc) is 2.34. The van der Waals surface area contributed by atoms with Gasteiger partial charge >= 0.3 is 0 Å². The fraction of sp³-hybridized carbons (Fsp3) is 0.429. The molecule has 2 heteroatoms. The summed E-state index contributed by atoms with van der Waals surface area (Å²) in [7, 11) is 1.94. The van der Waals surface area contributed by atoms with Crippen molar-refractivity contribution in [3.63, 3.8) is 0 Å². The number of benzene rings is 1. The Bertz CT molecular complexity index is 354. The van der Waals surface area contributed by atoms with Crippen LogP contribution in [-0.2, 0) is 0 Å². The molecule has 0 aliphatic rings. The van der Waals surface area contributed by atoms with E-state index in [9.17, 15) is 0 Å². The molecule has 1 unspecified atom stereocenters. The third-order valence-corrected chi connectivity index (χ3v) is 2.54. The Morgan fingerprint density at radius 1 is 1.44 bits per heavy atom. The van der Waals surface area contributed by atoms with E-state index in [1.165, 1.54) is 5.56 Å². The van der Waals surface area contributed by atoms with Crippen LogP contribution in [0.3, 0.4) is 0 Å². The lowest BCUT2D eigenvalue weighted by Crippen LogP contribution is -2.13. The van der Waals surface area contributed by atoms with Gasteiger partial charge < -0.3 is 10.1 Å². The van der Waals surface area contributed by atoms with E-state index in [1.54, 1.807) is 0 Å². The molecular weight excluding hydrogens is 198 g/mol. The first kappa shape index (κ1) is 12.6. The number of hydrogen-bond acceptors (Lipinski definition) is 2. The number of terminal acetylenes is 1. The summed E-state index contributed by atoms with van der Waals surface area (Å²) in [5.41, 5.74) is 1.19. The van der Waals surface area contributed by atoms with Crippen LogP contribution < -0.4 is 10.1 Å². The number of para-hydroxylation sites is 1. The quantitative estimate of drug-likeness (QED) is 0.584. The third-order valence-electron chi connectivity index (χ3n) is 2.54. The molecule has 1 N–H and O–H groups in total. The van der Waals surface area contributed by atoms with Gasteiger partial charge in [0.1, 0.15) is 5.75 Å². The normalized spacial score (nSPS) is 11.8. The lowest BCUT2D eigenvalue weighted by molar-refractivity contribution is 0.307. The maximum atomic E-state index is 5.73. The summed E-state index contributed by atoms with van der Waals surface area (Å²) >= 11 is 0. The summed E-state index contributed by atoms with van der Waals surface area (Å²) in [6, 6.07) is 8.39. The average molecular weight is 217 g/mol. The molecule has 0 heterocycles. The highest BCUT2D eigenvalue weighted by atomic mass is 16.5. The first-order chi connectivity index (χ1) is 7.79. The van der Waals surface area contributed by atoms with Gasteiger partial charge in [-0.05, 0) is 26.5 Å². The molecule has 1 rings (SSSR count). The Kier molecular flexibility index (Phi) is 5.45. The van der Waals surface area contributed by atoms with Crippen molar-refractivity contribution in [3.05, 3.63) is 29.8 Å². The molecule has 0 saturated heterocycles. The van der Waals surface area contributed by atoms with Gasteiger partial charge in [0.15, 0.2) is 0 Å². The van der Waals surface area contributed by atoms with Crippen LogP contribution in [0.5, 0.6) is 5.75 Å². The highest BCUT2D eigenvalue weighted by molar-refractivity contribution is 5.35. The monoisotopic (exact) mass is 217 g/mol. The minimum Gasteiger partial charge on any atom is -0.493 e. The van der Waals surface area contributed by atoms with E-state index in [2.05, 4.69) is 24.2 Å². The molecule has 0 aliphatic carbocycles. The molecular formula is C14H19NO. The predicted molar refractivity (Wildman–Crippen MR) is 67.5 cm³/mol. The minimum atomic E-state index is 0.295. The summed E-state index contributed by atoms with van der Waals surface area (Å²) in [6.07, 6.45) is 6.86. The van der Waals surface area contributed by atoms with Crippen molar-refractivity contribution < 1.29 is 4.74 Å². The van der Waals surface area contributed by atoms with E-state index in [0.717, 1.165) is 18.6 Å². The van der Waals surface area contributed by atoms with E-state index in [1.807, 2.05) is 25.2 Å². The highest BCUT2D eigenvalue weighted by Gasteiger charge is 2.08. The lowest BCUT2D eigenvalue weighted by Gasteiger charge is -2.16. The molecule has 1 aromatic rings. The highest BCUT2D eigenvalue weighted by Crippen LogP contribution is 2.24. The second-order valence-corrected chi connectivity index (χ2v) is 3.70. The van der Waals surface area contributed by atoms with Gasteiger partial charge in [0, 0.05) is 18.0 Å². The summed E-state index contributed by atoms with van der Waals surface area (Å²) in [5, 5.41) is 3.21. The summed E-state index contributed by atoms with van der Waals surface area (Å²) in [5.74, 6) is 3.56. The van der Waals surface area contributed by atoms with Crippen molar-refractivity contribution in [1.82, 2.24) is 5.32 Å². The first-order valence-corrected chi connectivity index (χ1v) is 5.62. The zero-order valence-electron chi connectivity index (χ0n) is 9.99. The summed E-state index contributed by atoms with van der Waals surface area (Å²) < 4.78 is 5.73.